The SMILES string of the molecule is CC(C)(C)n1nc(C2CCOCC2)nc1CN1C[C@@H](c2ccccc2)CC1=O. The van der Waals surface area contributed by atoms with Gasteiger partial charge in [-0.1, -0.05) is 30.3 Å². The van der Waals surface area contributed by atoms with Crippen molar-refractivity contribution in [3.05, 3.63) is 47.5 Å². The van der Waals surface area contributed by atoms with Gasteiger partial charge in [-0.05, 0) is 39.2 Å². The van der Waals surface area contributed by atoms with Gasteiger partial charge in [0.2, 0.25) is 5.91 Å². The lowest BCUT2D eigenvalue weighted by Gasteiger charge is -2.24. The summed E-state index contributed by atoms with van der Waals surface area (Å²) in [6.45, 7) is 9.22. The molecule has 1 aromatic heterocycles. The molecule has 0 saturated carbocycles. The summed E-state index contributed by atoms with van der Waals surface area (Å²) in [5.41, 5.74) is 1.06. The molecule has 2 aliphatic heterocycles. The molecule has 2 fully saturated rings. The van der Waals surface area contributed by atoms with Gasteiger partial charge in [0.1, 0.15) is 5.82 Å². The number of ether oxygens (including phenoxy) is 1. The molecule has 3 heterocycles. The summed E-state index contributed by atoms with van der Waals surface area (Å²) in [7, 11) is 0. The Balaban J connectivity index is 1.55. The number of hydrogen-bond donors (Lipinski definition) is 0. The van der Waals surface area contributed by atoms with Crippen LogP contribution in [0.25, 0.3) is 0 Å². The van der Waals surface area contributed by atoms with Gasteiger partial charge in [-0.3, -0.25) is 4.79 Å². The molecule has 1 amide bonds. The molecule has 150 valence electrons. The quantitative estimate of drug-likeness (QED) is 0.813. The van der Waals surface area contributed by atoms with Crippen LogP contribution in [0.5, 0.6) is 0 Å². The highest BCUT2D eigenvalue weighted by molar-refractivity contribution is 5.79. The molecule has 2 saturated heterocycles. The summed E-state index contributed by atoms with van der Waals surface area (Å²) in [5.74, 6) is 2.59. The minimum Gasteiger partial charge on any atom is -0.381 e. The van der Waals surface area contributed by atoms with Crippen molar-refractivity contribution in [2.24, 2.45) is 0 Å². The minimum absolute atomic E-state index is 0.173. The average Bonchev–Trinajstić information content (AvgIpc) is 3.28. The third-order valence-corrected chi connectivity index (χ3v) is 5.73. The highest BCUT2D eigenvalue weighted by Gasteiger charge is 2.33. The summed E-state index contributed by atoms with van der Waals surface area (Å²) in [6.07, 6.45) is 2.50. The van der Waals surface area contributed by atoms with Crippen molar-refractivity contribution in [1.29, 1.82) is 0 Å². The Hall–Kier alpha value is -2.21. The molecule has 0 bridgehead atoms. The highest BCUT2D eigenvalue weighted by Crippen LogP contribution is 2.31. The van der Waals surface area contributed by atoms with Gasteiger partial charge in [-0.15, -0.1) is 0 Å². The lowest BCUT2D eigenvalue weighted by molar-refractivity contribution is -0.128. The fraction of sp³-hybridized carbons (Fsp3) is 0.591. The Bertz CT molecular complexity index is 819. The molecule has 0 unspecified atom stereocenters. The first-order valence-corrected chi connectivity index (χ1v) is 10.3. The van der Waals surface area contributed by atoms with Crippen molar-refractivity contribution >= 4 is 5.91 Å². The molecule has 1 atom stereocenters. The fourth-order valence-electron chi connectivity index (χ4n) is 4.17. The highest BCUT2D eigenvalue weighted by atomic mass is 16.5. The Kier molecular flexibility index (Phi) is 5.23. The normalized spacial score (nSPS) is 21.5. The second-order valence-electron chi connectivity index (χ2n) is 8.94. The number of nitrogens with zero attached hydrogens (tertiary/aromatic N) is 4. The van der Waals surface area contributed by atoms with E-state index in [1.165, 1.54) is 5.56 Å². The zero-order chi connectivity index (χ0) is 19.7. The van der Waals surface area contributed by atoms with Crippen LogP contribution in [0.1, 0.15) is 69.1 Å². The molecule has 0 spiro atoms. The molecular weight excluding hydrogens is 352 g/mol. The monoisotopic (exact) mass is 382 g/mol. The Labute approximate surface area is 166 Å². The topological polar surface area (TPSA) is 60.2 Å². The van der Waals surface area contributed by atoms with Crippen molar-refractivity contribution < 1.29 is 9.53 Å². The molecule has 2 aliphatic rings. The molecule has 6 nitrogen and oxygen atoms in total. The molecule has 1 aromatic carbocycles. The van der Waals surface area contributed by atoms with Crippen molar-refractivity contribution in [3.63, 3.8) is 0 Å². The second kappa shape index (κ2) is 7.66. The molecule has 2 aromatic rings. The first kappa shape index (κ1) is 19.1. The van der Waals surface area contributed by atoms with Crippen LogP contribution in [0.15, 0.2) is 30.3 Å². The number of benzene rings is 1. The van der Waals surface area contributed by atoms with Crippen LogP contribution in [0.3, 0.4) is 0 Å². The fourth-order valence-corrected chi connectivity index (χ4v) is 4.17. The van der Waals surface area contributed by atoms with E-state index in [9.17, 15) is 4.79 Å². The Morgan fingerprint density at radius 2 is 1.82 bits per heavy atom. The predicted octanol–water partition coefficient (Wildman–Crippen LogP) is 3.44. The van der Waals surface area contributed by atoms with Gasteiger partial charge in [0.05, 0.1) is 12.1 Å². The molecule has 0 radical (unpaired) electrons. The predicted molar refractivity (Wildman–Crippen MR) is 107 cm³/mol. The number of carbonyl (C=O) groups excluding carboxylic acids is 1. The lowest BCUT2D eigenvalue weighted by atomic mass is 9.99. The third-order valence-electron chi connectivity index (χ3n) is 5.73. The Morgan fingerprint density at radius 3 is 2.50 bits per heavy atom. The molecular formula is C22H30N4O2. The van der Waals surface area contributed by atoms with Crippen LogP contribution < -0.4 is 0 Å². The van der Waals surface area contributed by atoms with E-state index >= 15 is 0 Å². The number of amides is 1. The first-order valence-electron chi connectivity index (χ1n) is 10.3. The van der Waals surface area contributed by atoms with Crippen LogP contribution in [0.4, 0.5) is 0 Å². The third kappa shape index (κ3) is 3.97. The van der Waals surface area contributed by atoms with Crippen molar-refractivity contribution in [1.82, 2.24) is 19.7 Å². The van der Waals surface area contributed by atoms with E-state index in [2.05, 4.69) is 32.9 Å². The average molecular weight is 383 g/mol. The van der Waals surface area contributed by atoms with Crippen molar-refractivity contribution in [2.45, 2.75) is 64.0 Å². The molecule has 4 rings (SSSR count). The number of rotatable bonds is 4. The van der Waals surface area contributed by atoms with Gasteiger partial charge < -0.3 is 9.64 Å². The van der Waals surface area contributed by atoms with E-state index in [1.54, 1.807) is 0 Å². The number of aromatic nitrogens is 3. The number of carbonyl (C=O) groups is 1. The van der Waals surface area contributed by atoms with Gasteiger partial charge >= 0.3 is 0 Å². The lowest BCUT2D eigenvalue weighted by Crippen LogP contribution is -2.31. The smallest absolute Gasteiger partial charge is 0.223 e. The zero-order valence-electron chi connectivity index (χ0n) is 17.1. The first-order chi connectivity index (χ1) is 13.4. The summed E-state index contributed by atoms with van der Waals surface area (Å²) >= 11 is 0. The van der Waals surface area contributed by atoms with Crippen LogP contribution in [-0.4, -0.2) is 45.3 Å². The number of hydrogen-bond acceptors (Lipinski definition) is 4. The van der Waals surface area contributed by atoms with Crippen molar-refractivity contribution in [3.8, 4) is 0 Å². The van der Waals surface area contributed by atoms with E-state index in [4.69, 9.17) is 14.8 Å². The van der Waals surface area contributed by atoms with Crippen LogP contribution >= 0.6 is 0 Å². The minimum atomic E-state index is -0.173. The van der Waals surface area contributed by atoms with Gasteiger partial charge in [0.25, 0.3) is 0 Å². The standard InChI is InChI=1S/C22H30N4O2/c1-22(2,3)26-19(23-21(24-26)17-9-11-28-12-10-17)15-25-14-18(13-20(25)27)16-7-5-4-6-8-16/h4-8,17-18H,9-15H2,1-3H3/t18-/m0/s1. The van der Waals surface area contributed by atoms with E-state index in [0.29, 0.717) is 18.9 Å². The largest absolute Gasteiger partial charge is 0.381 e. The molecule has 6 heteroatoms. The zero-order valence-corrected chi connectivity index (χ0v) is 17.1. The van der Waals surface area contributed by atoms with E-state index in [0.717, 1.165) is 44.2 Å². The summed E-state index contributed by atoms with van der Waals surface area (Å²) in [5, 5.41) is 4.86. The van der Waals surface area contributed by atoms with Gasteiger partial charge in [0, 0.05) is 38.0 Å². The summed E-state index contributed by atoms with van der Waals surface area (Å²) in [6, 6.07) is 10.3. The maximum Gasteiger partial charge on any atom is 0.223 e. The Morgan fingerprint density at radius 1 is 1.11 bits per heavy atom. The van der Waals surface area contributed by atoms with Crippen LogP contribution in [-0.2, 0) is 21.6 Å². The van der Waals surface area contributed by atoms with Gasteiger partial charge in [0.15, 0.2) is 5.82 Å². The molecule has 0 aliphatic carbocycles. The van der Waals surface area contributed by atoms with E-state index in [1.807, 2.05) is 27.8 Å². The maximum atomic E-state index is 12.7. The second-order valence-corrected chi connectivity index (χ2v) is 8.94. The summed E-state index contributed by atoms with van der Waals surface area (Å²) in [4.78, 5) is 19.5. The van der Waals surface area contributed by atoms with Crippen LogP contribution in [0.2, 0.25) is 0 Å². The van der Waals surface area contributed by atoms with E-state index in [-0.39, 0.29) is 17.4 Å². The van der Waals surface area contributed by atoms with Gasteiger partial charge in [-0.25, -0.2) is 9.67 Å². The van der Waals surface area contributed by atoms with E-state index < -0.39 is 0 Å². The van der Waals surface area contributed by atoms with Gasteiger partial charge in [-0.2, -0.15) is 5.10 Å². The molecule has 0 N–H and O–H groups in total. The summed E-state index contributed by atoms with van der Waals surface area (Å²) < 4.78 is 7.50. The number of likely N-dealkylation sites (tertiary alicyclic amines) is 1. The maximum absolute atomic E-state index is 12.7. The van der Waals surface area contributed by atoms with Crippen LogP contribution in [0, 0.1) is 0 Å². The molecule has 28 heavy (non-hydrogen) atoms. The van der Waals surface area contributed by atoms with Crippen molar-refractivity contribution in [2.75, 3.05) is 19.8 Å².